The molecule has 33 heavy (non-hydrogen) atoms. The van der Waals surface area contributed by atoms with Gasteiger partial charge in [-0.3, -0.25) is 9.59 Å². The first-order chi connectivity index (χ1) is 16.0. The van der Waals surface area contributed by atoms with E-state index in [0.29, 0.717) is 55.4 Å². The number of likely N-dealkylation sites (tertiary alicyclic amines) is 1. The van der Waals surface area contributed by atoms with Crippen molar-refractivity contribution in [3.05, 3.63) is 53.1 Å². The Bertz CT molecular complexity index is 982. The summed E-state index contributed by atoms with van der Waals surface area (Å²) in [6.07, 6.45) is 1.35. The van der Waals surface area contributed by atoms with Crippen molar-refractivity contribution in [3.8, 4) is 11.5 Å². The first kappa shape index (κ1) is 23.2. The summed E-state index contributed by atoms with van der Waals surface area (Å²) in [6, 6.07) is 13.1. The number of amides is 2. The van der Waals surface area contributed by atoms with Crippen LogP contribution in [0.1, 0.15) is 23.2 Å². The molecule has 7 nitrogen and oxygen atoms in total. The van der Waals surface area contributed by atoms with E-state index in [1.54, 1.807) is 37.3 Å². The van der Waals surface area contributed by atoms with Crippen molar-refractivity contribution in [1.29, 1.82) is 0 Å². The fourth-order valence-corrected chi connectivity index (χ4v) is 4.76. The molecule has 2 heterocycles. The van der Waals surface area contributed by atoms with E-state index >= 15 is 0 Å². The molecule has 0 spiro atoms. The zero-order valence-corrected chi connectivity index (χ0v) is 19.9. The summed E-state index contributed by atoms with van der Waals surface area (Å²) >= 11 is 6.08. The fraction of sp³-hybridized carbons (Fsp3) is 0.440. The molecule has 2 aromatic carbocycles. The molecule has 0 aliphatic carbocycles. The zero-order valence-electron chi connectivity index (χ0n) is 19.1. The first-order valence-corrected chi connectivity index (χ1v) is 11.7. The lowest BCUT2D eigenvalue weighted by atomic mass is 9.94. The van der Waals surface area contributed by atoms with Crippen LogP contribution in [-0.4, -0.2) is 75.1 Å². The van der Waals surface area contributed by atoms with Crippen molar-refractivity contribution in [2.45, 2.75) is 12.8 Å². The van der Waals surface area contributed by atoms with Gasteiger partial charge in [0, 0.05) is 55.9 Å². The fourth-order valence-electron chi connectivity index (χ4n) is 4.58. The third-order valence-electron chi connectivity index (χ3n) is 6.55. The summed E-state index contributed by atoms with van der Waals surface area (Å²) < 4.78 is 10.6. The van der Waals surface area contributed by atoms with Gasteiger partial charge in [0.25, 0.3) is 5.91 Å². The number of hydrogen-bond acceptors (Lipinski definition) is 5. The SMILES string of the molecule is COc1ccc(N2CCN(C(=O)C3CCN(C(=O)c4cc(Cl)ccc4OC)CC3)CC2)cc1. The van der Waals surface area contributed by atoms with Gasteiger partial charge in [0.05, 0.1) is 19.8 Å². The lowest BCUT2D eigenvalue weighted by molar-refractivity contribution is -0.137. The molecule has 2 aliphatic heterocycles. The number of methoxy groups -OCH3 is 2. The molecule has 8 heteroatoms. The topological polar surface area (TPSA) is 62.3 Å². The van der Waals surface area contributed by atoms with Crippen LogP contribution < -0.4 is 14.4 Å². The second-order valence-electron chi connectivity index (χ2n) is 8.42. The molecule has 0 unspecified atom stereocenters. The average Bonchev–Trinajstić information content (AvgIpc) is 2.88. The number of anilines is 1. The highest BCUT2D eigenvalue weighted by atomic mass is 35.5. The quantitative estimate of drug-likeness (QED) is 0.667. The molecule has 2 aromatic rings. The number of piperazine rings is 1. The van der Waals surface area contributed by atoms with Gasteiger partial charge >= 0.3 is 0 Å². The van der Waals surface area contributed by atoms with E-state index in [1.807, 2.05) is 17.0 Å². The summed E-state index contributed by atoms with van der Waals surface area (Å²) in [4.78, 5) is 32.2. The van der Waals surface area contributed by atoms with Gasteiger partial charge in [0.1, 0.15) is 11.5 Å². The molecule has 2 aliphatic rings. The molecule has 0 saturated carbocycles. The van der Waals surface area contributed by atoms with Crippen LogP contribution in [0.2, 0.25) is 5.02 Å². The molecule has 176 valence electrons. The van der Waals surface area contributed by atoms with Crippen LogP contribution in [0, 0.1) is 5.92 Å². The molecular weight excluding hydrogens is 442 g/mol. The maximum absolute atomic E-state index is 13.1. The largest absolute Gasteiger partial charge is 0.497 e. The van der Waals surface area contributed by atoms with Crippen molar-refractivity contribution < 1.29 is 19.1 Å². The Morgan fingerprint density at radius 2 is 1.52 bits per heavy atom. The standard InChI is InChI=1S/C25H30ClN3O4/c1-32-21-6-4-20(5-7-21)27-13-15-29(16-14-27)24(30)18-9-11-28(12-10-18)25(31)22-17-19(26)3-8-23(22)33-2/h3-8,17-18H,9-16H2,1-2H3. The molecule has 0 aromatic heterocycles. The van der Waals surface area contributed by atoms with Crippen LogP contribution in [0.15, 0.2) is 42.5 Å². The minimum Gasteiger partial charge on any atom is -0.497 e. The summed E-state index contributed by atoms with van der Waals surface area (Å²) in [5.74, 6) is 1.41. The van der Waals surface area contributed by atoms with Crippen LogP contribution in [0.4, 0.5) is 5.69 Å². The summed E-state index contributed by atoms with van der Waals surface area (Å²) in [6.45, 7) is 4.15. The molecule has 2 fully saturated rings. The van der Waals surface area contributed by atoms with E-state index in [0.717, 1.165) is 24.5 Å². The third-order valence-corrected chi connectivity index (χ3v) is 6.79. The van der Waals surface area contributed by atoms with Gasteiger partial charge in [0.15, 0.2) is 0 Å². The minimum atomic E-state index is -0.103. The monoisotopic (exact) mass is 471 g/mol. The molecule has 2 saturated heterocycles. The number of rotatable bonds is 5. The Labute approximate surface area is 199 Å². The highest BCUT2D eigenvalue weighted by Crippen LogP contribution is 2.28. The predicted octanol–water partition coefficient (Wildman–Crippen LogP) is 3.56. The van der Waals surface area contributed by atoms with Crippen molar-refractivity contribution in [1.82, 2.24) is 9.80 Å². The number of benzene rings is 2. The second-order valence-corrected chi connectivity index (χ2v) is 8.86. The van der Waals surface area contributed by atoms with E-state index in [-0.39, 0.29) is 17.7 Å². The van der Waals surface area contributed by atoms with Crippen molar-refractivity contribution in [2.24, 2.45) is 5.92 Å². The summed E-state index contributed by atoms with van der Waals surface area (Å²) in [5.41, 5.74) is 1.61. The van der Waals surface area contributed by atoms with Crippen LogP contribution >= 0.6 is 11.6 Å². The van der Waals surface area contributed by atoms with Crippen molar-refractivity contribution in [2.75, 3.05) is 58.4 Å². The number of piperidine rings is 1. The third kappa shape index (κ3) is 5.19. The maximum atomic E-state index is 13.1. The Morgan fingerprint density at radius 3 is 2.12 bits per heavy atom. The van der Waals surface area contributed by atoms with Crippen LogP contribution in [0.3, 0.4) is 0 Å². The molecule has 0 N–H and O–H groups in total. The van der Waals surface area contributed by atoms with Gasteiger partial charge in [-0.1, -0.05) is 11.6 Å². The predicted molar refractivity (Wildman–Crippen MR) is 128 cm³/mol. The summed E-state index contributed by atoms with van der Waals surface area (Å²) in [5, 5.41) is 0.498. The van der Waals surface area contributed by atoms with E-state index in [1.165, 1.54) is 0 Å². The number of ether oxygens (including phenoxy) is 2. The number of hydrogen-bond donors (Lipinski definition) is 0. The van der Waals surface area contributed by atoms with Crippen LogP contribution in [-0.2, 0) is 4.79 Å². The number of carbonyl (C=O) groups is 2. The Morgan fingerprint density at radius 1 is 0.848 bits per heavy atom. The normalized spacial score (nSPS) is 17.1. The molecule has 0 radical (unpaired) electrons. The lowest BCUT2D eigenvalue weighted by Crippen LogP contribution is -2.52. The number of carbonyl (C=O) groups excluding carboxylic acids is 2. The van der Waals surface area contributed by atoms with Gasteiger partial charge in [-0.05, 0) is 55.3 Å². The van der Waals surface area contributed by atoms with Gasteiger partial charge in [-0.25, -0.2) is 0 Å². The van der Waals surface area contributed by atoms with Gasteiger partial charge < -0.3 is 24.2 Å². The van der Waals surface area contributed by atoms with Crippen molar-refractivity contribution in [3.63, 3.8) is 0 Å². The van der Waals surface area contributed by atoms with Crippen molar-refractivity contribution >= 4 is 29.1 Å². The van der Waals surface area contributed by atoms with Gasteiger partial charge in [-0.15, -0.1) is 0 Å². The minimum absolute atomic E-state index is 0.0390. The molecule has 2 amide bonds. The van der Waals surface area contributed by atoms with E-state index in [2.05, 4.69) is 17.0 Å². The van der Waals surface area contributed by atoms with Crippen LogP contribution in [0.5, 0.6) is 11.5 Å². The molecular formula is C25H30ClN3O4. The molecule has 0 bridgehead atoms. The van der Waals surface area contributed by atoms with E-state index in [9.17, 15) is 9.59 Å². The van der Waals surface area contributed by atoms with E-state index in [4.69, 9.17) is 21.1 Å². The van der Waals surface area contributed by atoms with Gasteiger partial charge in [-0.2, -0.15) is 0 Å². The van der Waals surface area contributed by atoms with E-state index < -0.39 is 0 Å². The average molecular weight is 472 g/mol. The first-order valence-electron chi connectivity index (χ1n) is 11.3. The second kappa shape index (κ2) is 10.3. The number of halogens is 1. The highest BCUT2D eigenvalue weighted by Gasteiger charge is 2.32. The molecule has 4 rings (SSSR count). The number of nitrogens with zero attached hydrogens (tertiary/aromatic N) is 3. The lowest BCUT2D eigenvalue weighted by Gasteiger charge is -2.39. The Balaban J connectivity index is 1.29. The maximum Gasteiger partial charge on any atom is 0.257 e. The van der Waals surface area contributed by atoms with Gasteiger partial charge in [0.2, 0.25) is 5.91 Å². The summed E-state index contributed by atoms with van der Waals surface area (Å²) in [7, 11) is 3.20. The Hall–Kier alpha value is -2.93. The Kier molecular flexibility index (Phi) is 7.28. The zero-order chi connectivity index (χ0) is 23.4. The highest BCUT2D eigenvalue weighted by molar-refractivity contribution is 6.31. The molecule has 0 atom stereocenters. The smallest absolute Gasteiger partial charge is 0.257 e. The van der Waals surface area contributed by atoms with Crippen LogP contribution in [0.25, 0.3) is 0 Å².